The highest BCUT2D eigenvalue weighted by Gasteiger charge is 2.32. The number of anilines is 2. The fourth-order valence-corrected chi connectivity index (χ4v) is 2.13. The average molecular weight is 270 g/mol. The molecular formula is C12H20ClN5. The van der Waals surface area contributed by atoms with Gasteiger partial charge < -0.3 is 10.2 Å². The molecular weight excluding hydrogens is 250 g/mol. The van der Waals surface area contributed by atoms with E-state index in [0.29, 0.717) is 11.9 Å². The molecule has 1 aliphatic rings. The van der Waals surface area contributed by atoms with Gasteiger partial charge in [0.1, 0.15) is 0 Å². The Bertz CT molecular complexity index is 407. The largest absolute Gasteiger partial charge is 0.354 e. The van der Waals surface area contributed by atoms with Crippen LogP contribution in [-0.2, 0) is 0 Å². The summed E-state index contributed by atoms with van der Waals surface area (Å²) in [6.07, 6.45) is 1.29. The van der Waals surface area contributed by atoms with Gasteiger partial charge in [-0.05, 0) is 43.7 Å². The van der Waals surface area contributed by atoms with Crippen molar-refractivity contribution in [2.24, 2.45) is 11.8 Å². The van der Waals surface area contributed by atoms with E-state index in [4.69, 9.17) is 11.6 Å². The molecule has 0 aromatic carbocycles. The summed E-state index contributed by atoms with van der Waals surface area (Å²) >= 11 is 5.94. The lowest BCUT2D eigenvalue weighted by molar-refractivity contribution is 0.773. The second-order valence-corrected chi connectivity index (χ2v) is 5.09. The summed E-state index contributed by atoms with van der Waals surface area (Å²) in [7, 11) is 0. The van der Waals surface area contributed by atoms with E-state index in [1.165, 1.54) is 6.42 Å². The van der Waals surface area contributed by atoms with Crippen LogP contribution in [0.25, 0.3) is 0 Å². The molecule has 2 unspecified atom stereocenters. The molecule has 2 rings (SSSR count). The smallest absolute Gasteiger partial charge is 0.231 e. The molecule has 0 saturated heterocycles. The first-order chi connectivity index (χ1) is 8.63. The lowest BCUT2D eigenvalue weighted by atomic mass is 10.3. The van der Waals surface area contributed by atoms with Gasteiger partial charge in [0.2, 0.25) is 17.2 Å². The predicted molar refractivity (Wildman–Crippen MR) is 74.2 cm³/mol. The van der Waals surface area contributed by atoms with E-state index in [1.807, 2.05) is 0 Å². The Labute approximate surface area is 113 Å². The topological polar surface area (TPSA) is 53.9 Å². The molecule has 1 aromatic rings. The summed E-state index contributed by atoms with van der Waals surface area (Å²) in [5.74, 6) is 2.79. The molecule has 1 N–H and O–H groups in total. The maximum absolute atomic E-state index is 5.94. The second-order valence-electron chi connectivity index (χ2n) is 4.75. The molecule has 0 aliphatic heterocycles. The van der Waals surface area contributed by atoms with E-state index in [1.54, 1.807) is 0 Å². The van der Waals surface area contributed by atoms with Crippen LogP contribution < -0.4 is 10.2 Å². The summed E-state index contributed by atoms with van der Waals surface area (Å²) in [4.78, 5) is 14.7. The van der Waals surface area contributed by atoms with Crippen molar-refractivity contribution < 1.29 is 0 Å². The van der Waals surface area contributed by atoms with Crippen LogP contribution in [0.1, 0.15) is 27.2 Å². The molecule has 1 fully saturated rings. The van der Waals surface area contributed by atoms with Gasteiger partial charge in [-0.1, -0.05) is 6.92 Å². The van der Waals surface area contributed by atoms with E-state index in [9.17, 15) is 0 Å². The van der Waals surface area contributed by atoms with Gasteiger partial charge in [0.05, 0.1) is 0 Å². The van der Waals surface area contributed by atoms with E-state index < -0.39 is 0 Å². The molecule has 1 heterocycles. The number of rotatable bonds is 6. The average Bonchev–Trinajstić information content (AvgIpc) is 3.04. The Hall–Kier alpha value is -1.10. The fourth-order valence-electron chi connectivity index (χ4n) is 1.97. The van der Waals surface area contributed by atoms with Crippen LogP contribution in [-0.4, -0.2) is 34.6 Å². The summed E-state index contributed by atoms with van der Waals surface area (Å²) in [5, 5.41) is 3.50. The predicted octanol–water partition coefficient (Wildman–Crippen LogP) is 2.44. The van der Waals surface area contributed by atoms with Crippen LogP contribution in [0.5, 0.6) is 0 Å². The van der Waals surface area contributed by atoms with Crippen LogP contribution in [0.2, 0.25) is 5.28 Å². The van der Waals surface area contributed by atoms with Gasteiger partial charge in [-0.25, -0.2) is 0 Å². The van der Waals surface area contributed by atoms with Crippen molar-refractivity contribution in [3.05, 3.63) is 5.28 Å². The van der Waals surface area contributed by atoms with E-state index in [2.05, 4.69) is 45.9 Å². The van der Waals surface area contributed by atoms with Crippen LogP contribution in [0, 0.1) is 11.8 Å². The molecule has 1 aliphatic carbocycles. The number of hydrogen-bond acceptors (Lipinski definition) is 5. The summed E-state index contributed by atoms with van der Waals surface area (Å²) < 4.78 is 0. The van der Waals surface area contributed by atoms with Crippen molar-refractivity contribution in [1.82, 2.24) is 15.0 Å². The van der Waals surface area contributed by atoms with Gasteiger partial charge in [0.15, 0.2) is 0 Å². The first-order valence-corrected chi connectivity index (χ1v) is 6.92. The number of nitrogens with zero attached hydrogens (tertiary/aromatic N) is 4. The first kappa shape index (κ1) is 13.3. The minimum atomic E-state index is 0.248. The number of nitrogens with one attached hydrogen (secondary N) is 1. The molecule has 2 atom stereocenters. The normalized spacial score (nSPS) is 21.8. The van der Waals surface area contributed by atoms with Crippen molar-refractivity contribution in [3.63, 3.8) is 0 Å². The molecule has 0 amide bonds. The molecule has 0 bridgehead atoms. The molecule has 1 aromatic heterocycles. The van der Waals surface area contributed by atoms with Gasteiger partial charge in [-0.2, -0.15) is 15.0 Å². The highest BCUT2D eigenvalue weighted by molar-refractivity contribution is 6.28. The Morgan fingerprint density at radius 1 is 1.28 bits per heavy atom. The molecule has 6 heteroatoms. The molecule has 0 radical (unpaired) electrons. The van der Waals surface area contributed by atoms with Crippen LogP contribution in [0.4, 0.5) is 11.9 Å². The van der Waals surface area contributed by atoms with Crippen molar-refractivity contribution in [3.8, 4) is 0 Å². The zero-order chi connectivity index (χ0) is 13.1. The summed E-state index contributed by atoms with van der Waals surface area (Å²) in [6.45, 7) is 9.03. The minimum Gasteiger partial charge on any atom is -0.354 e. The quantitative estimate of drug-likeness (QED) is 0.860. The third-order valence-electron chi connectivity index (χ3n) is 3.44. The molecule has 18 heavy (non-hydrogen) atoms. The van der Waals surface area contributed by atoms with Gasteiger partial charge in [-0.3, -0.25) is 0 Å². The third kappa shape index (κ3) is 3.22. The monoisotopic (exact) mass is 269 g/mol. The zero-order valence-electron chi connectivity index (χ0n) is 11.1. The molecule has 1 saturated carbocycles. The van der Waals surface area contributed by atoms with Crippen LogP contribution >= 0.6 is 11.6 Å². The highest BCUT2D eigenvalue weighted by atomic mass is 35.5. The van der Waals surface area contributed by atoms with Crippen LogP contribution in [0.15, 0.2) is 0 Å². The SMILES string of the molecule is CCN(CC)c1nc(Cl)nc(NCC2CC2C)n1. The van der Waals surface area contributed by atoms with Crippen molar-refractivity contribution >= 4 is 23.5 Å². The lowest BCUT2D eigenvalue weighted by Crippen LogP contribution is -2.25. The highest BCUT2D eigenvalue weighted by Crippen LogP contribution is 2.37. The standard InChI is InChI=1S/C12H20ClN5/c1-4-18(5-2)12-16-10(13)15-11(17-12)14-7-9-6-8(9)3/h8-9H,4-7H2,1-3H3,(H,14,15,16,17). The maximum Gasteiger partial charge on any atom is 0.231 e. The minimum absolute atomic E-state index is 0.248. The number of aromatic nitrogens is 3. The van der Waals surface area contributed by atoms with Gasteiger partial charge in [0, 0.05) is 19.6 Å². The summed E-state index contributed by atoms with van der Waals surface area (Å²) in [5.41, 5.74) is 0. The molecule has 0 spiro atoms. The Morgan fingerprint density at radius 3 is 2.50 bits per heavy atom. The van der Waals surface area contributed by atoms with Crippen molar-refractivity contribution in [2.75, 3.05) is 29.9 Å². The van der Waals surface area contributed by atoms with Gasteiger partial charge in [-0.15, -0.1) is 0 Å². The third-order valence-corrected chi connectivity index (χ3v) is 3.61. The van der Waals surface area contributed by atoms with Crippen molar-refractivity contribution in [1.29, 1.82) is 0 Å². The van der Waals surface area contributed by atoms with Gasteiger partial charge in [0.25, 0.3) is 0 Å². The van der Waals surface area contributed by atoms with Crippen molar-refractivity contribution in [2.45, 2.75) is 27.2 Å². The zero-order valence-corrected chi connectivity index (χ0v) is 11.9. The molecule has 5 nitrogen and oxygen atoms in total. The Balaban J connectivity index is 2.05. The maximum atomic E-state index is 5.94. The van der Waals surface area contributed by atoms with Crippen LogP contribution in [0.3, 0.4) is 0 Å². The van der Waals surface area contributed by atoms with E-state index in [0.717, 1.165) is 31.5 Å². The van der Waals surface area contributed by atoms with E-state index >= 15 is 0 Å². The second kappa shape index (κ2) is 5.69. The van der Waals surface area contributed by atoms with E-state index in [-0.39, 0.29) is 5.28 Å². The number of hydrogen-bond donors (Lipinski definition) is 1. The Kier molecular flexibility index (Phi) is 4.22. The Morgan fingerprint density at radius 2 is 1.94 bits per heavy atom. The van der Waals surface area contributed by atoms with Gasteiger partial charge >= 0.3 is 0 Å². The summed E-state index contributed by atoms with van der Waals surface area (Å²) in [6, 6.07) is 0. The first-order valence-electron chi connectivity index (χ1n) is 6.54. The fraction of sp³-hybridized carbons (Fsp3) is 0.750. The molecule has 100 valence electrons. The lowest BCUT2D eigenvalue weighted by Gasteiger charge is -2.18. The number of halogens is 1.